The van der Waals surface area contributed by atoms with Crippen molar-refractivity contribution in [2.45, 2.75) is 25.0 Å². The molecule has 0 amide bonds. The van der Waals surface area contributed by atoms with Crippen molar-refractivity contribution in [2.24, 2.45) is 11.8 Å². The van der Waals surface area contributed by atoms with Gasteiger partial charge in [-0.1, -0.05) is 11.6 Å². The molecule has 2 unspecified atom stereocenters. The molecule has 1 aromatic carbocycles. The standard InChI is InChI=1S/C16H19ClN2O3/c1-21-14-4-13(18)12(17)3-11(14)15(20)22-16-5-9-2-10(6-16)8-19(16)7-9/h3-4,9-10H,2,5-8,18H2,1H3. The van der Waals surface area contributed by atoms with Gasteiger partial charge in [-0.25, -0.2) is 4.79 Å². The first-order valence-electron chi connectivity index (χ1n) is 7.62. The molecule has 4 bridgehead atoms. The van der Waals surface area contributed by atoms with Crippen LogP contribution in [0.1, 0.15) is 29.6 Å². The Kier molecular flexibility index (Phi) is 3.07. The largest absolute Gasteiger partial charge is 0.496 e. The van der Waals surface area contributed by atoms with Crippen molar-refractivity contribution in [1.29, 1.82) is 0 Å². The fraction of sp³-hybridized carbons (Fsp3) is 0.562. The molecule has 3 saturated heterocycles. The summed E-state index contributed by atoms with van der Waals surface area (Å²) in [6.07, 6.45) is 3.16. The molecule has 2 N–H and O–H groups in total. The van der Waals surface area contributed by atoms with Crippen LogP contribution in [-0.4, -0.2) is 36.8 Å². The van der Waals surface area contributed by atoms with Gasteiger partial charge in [-0.3, -0.25) is 4.90 Å². The molecule has 0 radical (unpaired) electrons. The number of piperidine rings is 1. The SMILES string of the molecule is COc1cc(N)c(Cl)cc1C(=O)OC12CC3CC(CN1C3)C2. The first kappa shape index (κ1) is 14.2. The molecule has 3 heterocycles. The van der Waals surface area contributed by atoms with Gasteiger partial charge >= 0.3 is 5.97 Å². The molecule has 4 fully saturated rings. The second kappa shape index (κ2) is 4.77. The average molecular weight is 323 g/mol. The molecule has 1 saturated carbocycles. The van der Waals surface area contributed by atoms with Crippen LogP contribution in [-0.2, 0) is 4.74 Å². The van der Waals surface area contributed by atoms with E-state index in [1.807, 2.05) is 0 Å². The van der Waals surface area contributed by atoms with Crippen molar-refractivity contribution in [3.63, 3.8) is 0 Å². The smallest absolute Gasteiger partial charge is 0.343 e. The molecule has 1 aliphatic carbocycles. The van der Waals surface area contributed by atoms with E-state index in [9.17, 15) is 4.79 Å². The molecule has 4 aliphatic rings. The number of hydrogen-bond acceptors (Lipinski definition) is 5. The number of esters is 1. The summed E-state index contributed by atoms with van der Waals surface area (Å²) < 4.78 is 11.2. The summed E-state index contributed by atoms with van der Waals surface area (Å²) in [7, 11) is 1.50. The summed E-state index contributed by atoms with van der Waals surface area (Å²) in [5.41, 5.74) is 6.08. The molecule has 1 aromatic rings. The van der Waals surface area contributed by atoms with Crippen LogP contribution in [0, 0.1) is 11.8 Å². The van der Waals surface area contributed by atoms with Gasteiger partial charge in [0, 0.05) is 32.0 Å². The Bertz CT molecular complexity index is 635. The normalized spacial score (nSPS) is 34.9. The third kappa shape index (κ3) is 1.99. The van der Waals surface area contributed by atoms with Gasteiger partial charge in [0.1, 0.15) is 11.3 Å². The highest BCUT2D eigenvalue weighted by molar-refractivity contribution is 6.33. The van der Waals surface area contributed by atoms with Crippen LogP contribution in [0.2, 0.25) is 5.02 Å². The van der Waals surface area contributed by atoms with Crippen molar-refractivity contribution in [1.82, 2.24) is 4.90 Å². The lowest BCUT2D eigenvalue weighted by atomic mass is 9.82. The van der Waals surface area contributed by atoms with E-state index in [2.05, 4.69) is 4.90 Å². The van der Waals surface area contributed by atoms with Crippen LogP contribution in [0.15, 0.2) is 12.1 Å². The Morgan fingerprint density at radius 3 is 2.68 bits per heavy atom. The van der Waals surface area contributed by atoms with Crippen molar-refractivity contribution >= 4 is 23.3 Å². The van der Waals surface area contributed by atoms with E-state index in [0.29, 0.717) is 33.9 Å². The van der Waals surface area contributed by atoms with Gasteiger partial charge in [0.15, 0.2) is 5.72 Å². The molecule has 6 heteroatoms. The van der Waals surface area contributed by atoms with Crippen LogP contribution >= 0.6 is 11.6 Å². The second-order valence-corrected chi connectivity index (χ2v) is 7.10. The zero-order chi connectivity index (χ0) is 15.5. The zero-order valence-electron chi connectivity index (χ0n) is 12.5. The minimum absolute atomic E-state index is 0.336. The number of nitrogen functional groups attached to an aromatic ring is 1. The highest BCUT2D eigenvalue weighted by atomic mass is 35.5. The van der Waals surface area contributed by atoms with E-state index in [1.54, 1.807) is 6.07 Å². The minimum Gasteiger partial charge on any atom is -0.496 e. The Balaban J connectivity index is 1.62. The highest BCUT2D eigenvalue weighted by Gasteiger charge is 2.59. The van der Waals surface area contributed by atoms with Crippen LogP contribution in [0.3, 0.4) is 0 Å². The summed E-state index contributed by atoms with van der Waals surface area (Å²) >= 11 is 6.04. The fourth-order valence-corrected chi connectivity index (χ4v) is 4.63. The van der Waals surface area contributed by atoms with E-state index in [1.165, 1.54) is 19.6 Å². The number of halogens is 1. The predicted molar refractivity (Wildman–Crippen MR) is 83.0 cm³/mol. The number of carbonyl (C=O) groups excluding carboxylic acids is 1. The van der Waals surface area contributed by atoms with E-state index < -0.39 is 5.72 Å². The maximum atomic E-state index is 12.7. The Morgan fingerprint density at radius 2 is 2.05 bits per heavy atom. The molecule has 3 aliphatic heterocycles. The third-order valence-corrected chi connectivity index (χ3v) is 5.56. The lowest BCUT2D eigenvalue weighted by Crippen LogP contribution is -2.42. The monoisotopic (exact) mass is 322 g/mol. The van der Waals surface area contributed by atoms with Gasteiger partial charge in [-0.05, 0) is 24.3 Å². The zero-order valence-corrected chi connectivity index (χ0v) is 13.2. The number of carbonyl (C=O) groups is 1. The number of hydrogen-bond donors (Lipinski definition) is 1. The number of benzene rings is 1. The molecule has 118 valence electrons. The molecule has 22 heavy (non-hydrogen) atoms. The number of ether oxygens (including phenoxy) is 2. The summed E-state index contributed by atoms with van der Waals surface area (Å²) in [5.74, 6) is 1.34. The lowest BCUT2D eigenvalue weighted by Gasteiger charge is -2.32. The van der Waals surface area contributed by atoms with Crippen molar-refractivity contribution in [3.8, 4) is 5.75 Å². The van der Waals surface area contributed by atoms with E-state index in [-0.39, 0.29) is 5.97 Å². The quantitative estimate of drug-likeness (QED) is 0.684. The molecule has 5 rings (SSSR count). The number of nitrogens with two attached hydrogens (primary N) is 1. The molecular weight excluding hydrogens is 304 g/mol. The molecule has 5 nitrogen and oxygen atoms in total. The van der Waals surface area contributed by atoms with Crippen molar-refractivity contribution in [2.75, 3.05) is 25.9 Å². The Labute approximate surface area is 134 Å². The maximum Gasteiger partial charge on any atom is 0.343 e. The van der Waals surface area contributed by atoms with Crippen LogP contribution < -0.4 is 10.5 Å². The Morgan fingerprint density at radius 1 is 1.36 bits per heavy atom. The van der Waals surface area contributed by atoms with Gasteiger partial charge in [0.05, 0.1) is 17.8 Å². The topological polar surface area (TPSA) is 64.8 Å². The van der Waals surface area contributed by atoms with Crippen LogP contribution in [0.25, 0.3) is 0 Å². The van der Waals surface area contributed by atoms with Gasteiger partial charge in [-0.2, -0.15) is 0 Å². The van der Waals surface area contributed by atoms with Crippen molar-refractivity contribution in [3.05, 3.63) is 22.7 Å². The maximum absolute atomic E-state index is 12.7. The van der Waals surface area contributed by atoms with Gasteiger partial charge in [0.2, 0.25) is 0 Å². The molecule has 0 aromatic heterocycles. The highest BCUT2D eigenvalue weighted by Crippen LogP contribution is 2.53. The lowest BCUT2D eigenvalue weighted by molar-refractivity contribution is -0.0777. The minimum atomic E-state index is -0.413. The average Bonchev–Trinajstić information content (AvgIpc) is 2.85. The summed E-state index contributed by atoms with van der Waals surface area (Å²) in [6.45, 7) is 2.09. The number of rotatable bonds is 3. The van der Waals surface area contributed by atoms with Crippen LogP contribution in [0.4, 0.5) is 5.69 Å². The van der Waals surface area contributed by atoms with Gasteiger partial charge in [-0.15, -0.1) is 0 Å². The van der Waals surface area contributed by atoms with E-state index in [0.717, 1.165) is 25.9 Å². The first-order chi connectivity index (χ1) is 10.5. The fourth-order valence-electron chi connectivity index (χ4n) is 4.46. The van der Waals surface area contributed by atoms with Crippen molar-refractivity contribution < 1.29 is 14.3 Å². The molecule has 2 atom stereocenters. The van der Waals surface area contributed by atoms with E-state index in [4.69, 9.17) is 26.8 Å². The predicted octanol–water partition coefficient (Wildman–Crippen LogP) is 2.53. The number of nitrogens with zero attached hydrogens (tertiary/aromatic N) is 1. The molecule has 0 spiro atoms. The summed E-state index contributed by atoms with van der Waals surface area (Å²) in [6, 6.07) is 3.10. The number of methoxy groups -OCH3 is 1. The summed E-state index contributed by atoms with van der Waals surface area (Å²) in [5, 5.41) is 0.336. The van der Waals surface area contributed by atoms with Gasteiger partial charge < -0.3 is 15.2 Å². The second-order valence-electron chi connectivity index (χ2n) is 6.69. The van der Waals surface area contributed by atoms with Gasteiger partial charge in [0.25, 0.3) is 0 Å². The van der Waals surface area contributed by atoms with E-state index >= 15 is 0 Å². The molecular formula is C16H19ClN2O3. The first-order valence-corrected chi connectivity index (χ1v) is 8.00. The Hall–Kier alpha value is -1.46. The summed E-state index contributed by atoms with van der Waals surface area (Å²) in [4.78, 5) is 15.0. The third-order valence-electron chi connectivity index (χ3n) is 5.24. The number of anilines is 1. The van der Waals surface area contributed by atoms with Crippen LogP contribution in [0.5, 0.6) is 5.75 Å².